The van der Waals surface area contributed by atoms with Crippen LogP contribution in [0.4, 0.5) is 5.69 Å². The number of carboxylic acid groups (broad SMARTS) is 1. The van der Waals surface area contributed by atoms with Crippen LogP contribution in [0.5, 0.6) is 5.75 Å². The molecule has 110 valence electrons. The molecule has 6 nitrogen and oxygen atoms in total. The molecule has 0 saturated carbocycles. The fourth-order valence-corrected chi connectivity index (χ4v) is 1.61. The van der Waals surface area contributed by atoms with E-state index in [2.05, 4.69) is 5.32 Å². The van der Waals surface area contributed by atoms with E-state index in [-0.39, 0.29) is 5.91 Å². The van der Waals surface area contributed by atoms with Crippen LogP contribution in [0.25, 0.3) is 0 Å². The SMILES string of the molecule is CCC(N)(CC)C(=O)Nc1ccc(OCC(=O)O)cc1. The Balaban J connectivity index is 2.65. The molecule has 0 aromatic heterocycles. The van der Waals surface area contributed by atoms with Crippen molar-refractivity contribution < 1.29 is 19.4 Å². The lowest BCUT2D eigenvalue weighted by atomic mass is 9.93. The summed E-state index contributed by atoms with van der Waals surface area (Å²) in [6.45, 7) is 3.33. The van der Waals surface area contributed by atoms with Gasteiger partial charge < -0.3 is 20.9 Å². The molecule has 0 unspecified atom stereocenters. The first-order valence-corrected chi connectivity index (χ1v) is 6.46. The molecule has 0 bridgehead atoms. The molecule has 0 fully saturated rings. The minimum Gasteiger partial charge on any atom is -0.482 e. The monoisotopic (exact) mass is 280 g/mol. The maximum Gasteiger partial charge on any atom is 0.341 e. The molecule has 0 saturated heterocycles. The number of ether oxygens (including phenoxy) is 1. The van der Waals surface area contributed by atoms with Crippen LogP contribution in [0.15, 0.2) is 24.3 Å². The average molecular weight is 280 g/mol. The number of carbonyl (C=O) groups is 2. The first-order chi connectivity index (χ1) is 9.41. The third-order valence-corrected chi connectivity index (χ3v) is 3.19. The van der Waals surface area contributed by atoms with Crippen molar-refractivity contribution in [2.24, 2.45) is 5.73 Å². The Morgan fingerprint density at radius 2 is 1.80 bits per heavy atom. The minimum absolute atomic E-state index is 0.235. The number of nitrogens with one attached hydrogen (secondary N) is 1. The van der Waals surface area contributed by atoms with E-state index in [4.69, 9.17) is 15.6 Å². The number of anilines is 1. The maximum absolute atomic E-state index is 12.1. The fourth-order valence-electron chi connectivity index (χ4n) is 1.61. The number of carbonyl (C=O) groups excluding carboxylic acids is 1. The molecule has 4 N–H and O–H groups in total. The molecular formula is C14H20N2O4. The smallest absolute Gasteiger partial charge is 0.341 e. The number of nitrogens with two attached hydrogens (primary N) is 1. The number of benzene rings is 1. The van der Waals surface area contributed by atoms with Gasteiger partial charge in [-0.15, -0.1) is 0 Å². The molecule has 20 heavy (non-hydrogen) atoms. The van der Waals surface area contributed by atoms with Crippen LogP contribution in [0.2, 0.25) is 0 Å². The van der Waals surface area contributed by atoms with Gasteiger partial charge in [0, 0.05) is 5.69 Å². The van der Waals surface area contributed by atoms with Crippen LogP contribution in [0, 0.1) is 0 Å². The fraction of sp³-hybridized carbons (Fsp3) is 0.429. The number of hydrogen-bond donors (Lipinski definition) is 3. The first-order valence-electron chi connectivity index (χ1n) is 6.46. The Bertz CT molecular complexity index is 467. The zero-order valence-corrected chi connectivity index (χ0v) is 11.7. The summed E-state index contributed by atoms with van der Waals surface area (Å²) >= 11 is 0. The number of hydrogen-bond acceptors (Lipinski definition) is 4. The summed E-state index contributed by atoms with van der Waals surface area (Å²) in [5.74, 6) is -0.849. The van der Waals surface area contributed by atoms with E-state index in [0.29, 0.717) is 24.3 Å². The molecule has 0 aliphatic heterocycles. The van der Waals surface area contributed by atoms with E-state index in [9.17, 15) is 9.59 Å². The van der Waals surface area contributed by atoms with E-state index in [1.807, 2.05) is 13.8 Å². The molecule has 1 aromatic rings. The van der Waals surface area contributed by atoms with Gasteiger partial charge in [0.05, 0.1) is 5.54 Å². The molecule has 0 aliphatic carbocycles. The number of rotatable bonds is 7. The number of carboxylic acids is 1. The van der Waals surface area contributed by atoms with Crippen molar-refractivity contribution >= 4 is 17.6 Å². The first kappa shape index (κ1) is 16.0. The summed E-state index contributed by atoms with van der Waals surface area (Å²) in [6.07, 6.45) is 1.10. The molecule has 0 atom stereocenters. The van der Waals surface area contributed by atoms with E-state index in [1.54, 1.807) is 24.3 Å². The summed E-state index contributed by atoms with van der Waals surface area (Å²) in [5.41, 5.74) is 5.71. The third kappa shape index (κ3) is 4.24. The summed E-state index contributed by atoms with van der Waals surface area (Å²) in [4.78, 5) is 22.4. The average Bonchev–Trinajstić information content (AvgIpc) is 2.45. The van der Waals surface area contributed by atoms with Gasteiger partial charge in [0.25, 0.3) is 0 Å². The molecule has 0 spiro atoms. The summed E-state index contributed by atoms with van der Waals surface area (Å²) in [6, 6.07) is 6.46. The Hall–Kier alpha value is -2.08. The topological polar surface area (TPSA) is 102 Å². The lowest BCUT2D eigenvalue weighted by Crippen LogP contribution is -2.50. The zero-order valence-electron chi connectivity index (χ0n) is 11.7. The Morgan fingerprint density at radius 3 is 2.25 bits per heavy atom. The van der Waals surface area contributed by atoms with Gasteiger partial charge in [-0.3, -0.25) is 4.79 Å². The van der Waals surface area contributed by atoms with Crippen molar-refractivity contribution in [2.45, 2.75) is 32.2 Å². The predicted molar refractivity (Wildman–Crippen MR) is 75.7 cm³/mol. The van der Waals surface area contributed by atoms with Crippen LogP contribution < -0.4 is 15.8 Å². The summed E-state index contributed by atoms with van der Waals surface area (Å²) < 4.78 is 5.00. The van der Waals surface area contributed by atoms with Gasteiger partial charge in [-0.25, -0.2) is 4.79 Å². The second-order valence-corrected chi connectivity index (χ2v) is 4.52. The molecule has 0 heterocycles. The van der Waals surface area contributed by atoms with E-state index in [1.165, 1.54) is 0 Å². The van der Waals surface area contributed by atoms with Crippen molar-refractivity contribution in [1.29, 1.82) is 0 Å². The Kier molecular flexibility index (Phi) is 5.52. The van der Waals surface area contributed by atoms with Gasteiger partial charge in [-0.2, -0.15) is 0 Å². The van der Waals surface area contributed by atoms with Gasteiger partial charge in [-0.05, 0) is 37.1 Å². The van der Waals surface area contributed by atoms with Gasteiger partial charge in [0.2, 0.25) is 5.91 Å². The number of aliphatic carboxylic acids is 1. The Labute approximate surface area is 117 Å². The zero-order chi connectivity index (χ0) is 15.2. The largest absolute Gasteiger partial charge is 0.482 e. The van der Waals surface area contributed by atoms with Crippen LogP contribution in [-0.4, -0.2) is 29.1 Å². The minimum atomic E-state index is -1.04. The third-order valence-electron chi connectivity index (χ3n) is 3.19. The molecule has 6 heteroatoms. The van der Waals surface area contributed by atoms with Crippen molar-refractivity contribution in [1.82, 2.24) is 0 Å². The van der Waals surface area contributed by atoms with Gasteiger partial charge in [-0.1, -0.05) is 13.8 Å². The van der Waals surface area contributed by atoms with Crippen LogP contribution in [0.3, 0.4) is 0 Å². The van der Waals surface area contributed by atoms with E-state index in [0.717, 1.165) is 0 Å². The quantitative estimate of drug-likeness (QED) is 0.704. The summed E-state index contributed by atoms with van der Waals surface area (Å²) in [5, 5.41) is 11.2. The van der Waals surface area contributed by atoms with Crippen LogP contribution in [-0.2, 0) is 9.59 Å². The highest BCUT2D eigenvalue weighted by atomic mass is 16.5. The Morgan fingerprint density at radius 1 is 1.25 bits per heavy atom. The molecule has 1 rings (SSSR count). The molecule has 1 aromatic carbocycles. The molecular weight excluding hydrogens is 260 g/mol. The highest BCUT2D eigenvalue weighted by Crippen LogP contribution is 2.18. The van der Waals surface area contributed by atoms with Crippen molar-refractivity contribution in [2.75, 3.05) is 11.9 Å². The van der Waals surface area contributed by atoms with Crippen LogP contribution in [0.1, 0.15) is 26.7 Å². The van der Waals surface area contributed by atoms with E-state index >= 15 is 0 Å². The molecule has 1 amide bonds. The van der Waals surface area contributed by atoms with Crippen LogP contribution >= 0.6 is 0 Å². The van der Waals surface area contributed by atoms with Crippen molar-refractivity contribution in [3.63, 3.8) is 0 Å². The van der Waals surface area contributed by atoms with Crippen molar-refractivity contribution in [3.8, 4) is 5.75 Å². The van der Waals surface area contributed by atoms with Crippen molar-refractivity contribution in [3.05, 3.63) is 24.3 Å². The normalized spacial score (nSPS) is 10.9. The summed E-state index contributed by atoms with van der Waals surface area (Å²) in [7, 11) is 0. The maximum atomic E-state index is 12.1. The molecule has 0 radical (unpaired) electrons. The standard InChI is InChI=1S/C14H20N2O4/c1-3-14(15,4-2)13(19)16-10-5-7-11(8-6-10)20-9-12(17)18/h5-8H,3-4,9,15H2,1-2H3,(H,16,19)(H,17,18). The highest BCUT2D eigenvalue weighted by Gasteiger charge is 2.29. The van der Waals surface area contributed by atoms with Gasteiger partial charge in [0.1, 0.15) is 5.75 Å². The second-order valence-electron chi connectivity index (χ2n) is 4.52. The van der Waals surface area contributed by atoms with Gasteiger partial charge in [0.15, 0.2) is 6.61 Å². The van der Waals surface area contributed by atoms with Gasteiger partial charge >= 0.3 is 5.97 Å². The predicted octanol–water partition coefficient (Wildman–Crippen LogP) is 1.61. The lowest BCUT2D eigenvalue weighted by molar-refractivity contribution is -0.139. The lowest BCUT2D eigenvalue weighted by Gasteiger charge is -2.25. The second kappa shape index (κ2) is 6.91. The number of amides is 1. The highest BCUT2D eigenvalue weighted by molar-refractivity contribution is 5.97. The van der Waals surface area contributed by atoms with E-state index < -0.39 is 18.1 Å². The molecule has 0 aliphatic rings.